The van der Waals surface area contributed by atoms with Crippen molar-refractivity contribution in [1.29, 1.82) is 0 Å². The smallest absolute Gasteiger partial charge is 0.395 e. The lowest BCUT2D eigenvalue weighted by molar-refractivity contribution is -0.286. The van der Waals surface area contributed by atoms with Crippen LogP contribution in [0.4, 0.5) is 14.6 Å². The molecule has 3 fully saturated rings. The van der Waals surface area contributed by atoms with Crippen LogP contribution in [0.3, 0.4) is 0 Å². The number of benzene rings is 2. The number of pyridine rings is 1. The normalized spacial score (nSPS) is 23.6. The molecule has 3 saturated carbocycles. The minimum Gasteiger partial charge on any atom is -0.395 e. The maximum absolute atomic E-state index is 13.8. The molecule has 3 aromatic rings. The first-order valence-electron chi connectivity index (χ1n) is 16.5. The minimum atomic E-state index is -3.71. The molecule has 0 bridgehead atoms. The molecule has 0 saturated heterocycles. The second kappa shape index (κ2) is 11.8. The van der Waals surface area contributed by atoms with Crippen molar-refractivity contribution in [1.82, 2.24) is 4.98 Å². The average Bonchev–Trinajstić information content (AvgIpc) is 3.52. The number of halogens is 2. The zero-order chi connectivity index (χ0) is 31.2. The monoisotopic (exact) mass is 614 g/mol. The lowest BCUT2D eigenvalue weighted by Gasteiger charge is -2.28. The van der Waals surface area contributed by atoms with Crippen LogP contribution in [0.1, 0.15) is 98.5 Å². The fraction of sp³-hybridized carbons (Fsp3) is 0.486. The topological polar surface area (TPSA) is 77.5 Å². The van der Waals surface area contributed by atoms with Crippen LogP contribution in [0.15, 0.2) is 54.6 Å². The Labute approximate surface area is 262 Å². The molecule has 1 aliphatic heterocycles. The number of amides is 1. The fourth-order valence-electron chi connectivity index (χ4n) is 7.86. The van der Waals surface area contributed by atoms with Gasteiger partial charge in [0.2, 0.25) is 5.91 Å². The quantitative estimate of drug-likeness (QED) is 0.269. The number of nitrogens with one attached hydrogen (secondary N) is 1. The van der Waals surface area contributed by atoms with Gasteiger partial charge in [-0.05, 0) is 86.3 Å². The van der Waals surface area contributed by atoms with Crippen LogP contribution >= 0.6 is 0 Å². The molecule has 2 heterocycles. The zero-order valence-corrected chi connectivity index (χ0v) is 25.7. The Hall–Kier alpha value is -3.81. The van der Waals surface area contributed by atoms with Crippen LogP contribution in [0.25, 0.3) is 11.3 Å². The Bertz CT molecular complexity index is 1610. The number of anilines is 1. The van der Waals surface area contributed by atoms with Gasteiger partial charge < -0.3 is 14.8 Å². The Morgan fingerprint density at radius 2 is 1.53 bits per heavy atom. The summed E-state index contributed by atoms with van der Waals surface area (Å²) >= 11 is 0. The van der Waals surface area contributed by atoms with E-state index in [1.54, 1.807) is 12.1 Å². The van der Waals surface area contributed by atoms with E-state index in [1.165, 1.54) is 50.7 Å². The number of hydrogen-bond acceptors (Lipinski definition) is 5. The molecule has 2 unspecified atom stereocenters. The highest BCUT2D eigenvalue weighted by Gasteiger charge is 2.53. The van der Waals surface area contributed by atoms with Crippen LogP contribution in [0.5, 0.6) is 11.5 Å². The second-order valence-corrected chi connectivity index (χ2v) is 13.5. The lowest BCUT2D eigenvalue weighted by Crippen LogP contribution is -2.28. The van der Waals surface area contributed by atoms with Gasteiger partial charge in [0.05, 0.1) is 11.1 Å². The van der Waals surface area contributed by atoms with Crippen molar-refractivity contribution < 1.29 is 27.8 Å². The van der Waals surface area contributed by atoms with Crippen molar-refractivity contribution in [2.45, 2.75) is 95.7 Å². The number of rotatable bonds is 7. The van der Waals surface area contributed by atoms with E-state index in [9.17, 15) is 18.4 Å². The Kier molecular flexibility index (Phi) is 7.86. The molecule has 7 rings (SSSR count). The number of ether oxygens (including phenoxy) is 2. The summed E-state index contributed by atoms with van der Waals surface area (Å²) in [5.74, 6) is 1.92. The molecule has 2 aromatic carbocycles. The zero-order valence-electron chi connectivity index (χ0n) is 25.7. The molecule has 8 heteroatoms. The van der Waals surface area contributed by atoms with Crippen LogP contribution in [-0.2, 0) is 10.2 Å². The Morgan fingerprint density at radius 1 is 0.822 bits per heavy atom. The predicted octanol–water partition coefficient (Wildman–Crippen LogP) is 9.01. The molecular formula is C37H40F2N2O4. The van der Waals surface area contributed by atoms with E-state index >= 15 is 0 Å². The predicted molar refractivity (Wildman–Crippen MR) is 168 cm³/mol. The lowest BCUT2D eigenvalue weighted by atomic mass is 9.76. The number of nitrogens with zero attached hydrogens (tertiary/aromatic N) is 1. The number of aromatic nitrogens is 1. The number of Topliss-reactive ketones (excluding diaryl/α,β-unsaturated/α-hetero) is 1. The van der Waals surface area contributed by atoms with Crippen LogP contribution in [0, 0.1) is 24.7 Å². The average molecular weight is 615 g/mol. The molecule has 2 atom stereocenters. The van der Waals surface area contributed by atoms with Gasteiger partial charge in [0, 0.05) is 17.0 Å². The first kappa shape index (κ1) is 29.9. The second-order valence-electron chi connectivity index (χ2n) is 13.5. The molecule has 0 radical (unpaired) electrons. The van der Waals surface area contributed by atoms with E-state index in [4.69, 9.17) is 4.98 Å². The number of alkyl halides is 2. The van der Waals surface area contributed by atoms with Gasteiger partial charge in [-0.2, -0.15) is 0 Å². The van der Waals surface area contributed by atoms with Gasteiger partial charge in [-0.25, -0.2) is 4.98 Å². The van der Waals surface area contributed by atoms with Gasteiger partial charge in [-0.1, -0.05) is 75.3 Å². The molecule has 6 nitrogen and oxygen atoms in total. The standard InChI is InChI=1S/C37H40F2N2O4/c1-23-13-18-32(41-35(43)36(19-20-36)29-16-17-30-31(22-29)45-37(38,39)44-30)40-33(23)27-11-6-12-28(21-27)34(42)26-10-5-4-9-25(14-15-26)24-7-2-3-8-24/h6,11-13,16-18,21-22,24-26H,2-5,7-10,14-15,19-20H2,1H3,(H,40,41,43). The number of carbonyl (C=O) groups excluding carboxylic acids is 2. The van der Waals surface area contributed by atoms with Crippen LogP contribution in [0.2, 0.25) is 0 Å². The van der Waals surface area contributed by atoms with E-state index in [2.05, 4.69) is 14.8 Å². The molecule has 236 valence electrons. The van der Waals surface area contributed by atoms with Gasteiger partial charge >= 0.3 is 6.29 Å². The van der Waals surface area contributed by atoms with Crippen molar-refractivity contribution in [2.24, 2.45) is 17.8 Å². The maximum Gasteiger partial charge on any atom is 0.586 e. The van der Waals surface area contributed by atoms with E-state index in [0.717, 1.165) is 54.2 Å². The maximum atomic E-state index is 13.8. The van der Waals surface area contributed by atoms with E-state index < -0.39 is 11.7 Å². The van der Waals surface area contributed by atoms with Crippen molar-refractivity contribution in [3.8, 4) is 22.8 Å². The molecule has 3 aliphatic carbocycles. The van der Waals surface area contributed by atoms with Crippen LogP contribution < -0.4 is 14.8 Å². The van der Waals surface area contributed by atoms with Gasteiger partial charge in [0.1, 0.15) is 5.82 Å². The summed E-state index contributed by atoms with van der Waals surface area (Å²) in [5, 5.41) is 2.96. The number of ketones is 1. The fourth-order valence-corrected chi connectivity index (χ4v) is 7.86. The molecule has 4 aliphatic rings. The summed E-state index contributed by atoms with van der Waals surface area (Å²) in [6.45, 7) is 1.96. The van der Waals surface area contributed by atoms with Crippen molar-refractivity contribution in [3.63, 3.8) is 0 Å². The summed E-state index contributed by atoms with van der Waals surface area (Å²) < 4.78 is 36.2. The summed E-state index contributed by atoms with van der Waals surface area (Å²) in [5.41, 5.74) is 2.95. The molecule has 0 spiro atoms. The van der Waals surface area contributed by atoms with Gasteiger partial charge in [0.15, 0.2) is 17.3 Å². The van der Waals surface area contributed by atoms with E-state index in [0.29, 0.717) is 29.9 Å². The number of carbonyl (C=O) groups is 2. The highest BCUT2D eigenvalue weighted by atomic mass is 19.3. The van der Waals surface area contributed by atoms with Crippen molar-refractivity contribution in [2.75, 3.05) is 5.32 Å². The van der Waals surface area contributed by atoms with Gasteiger partial charge in [-0.3, -0.25) is 9.59 Å². The third-order valence-corrected chi connectivity index (χ3v) is 10.6. The first-order valence-corrected chi connectivity index (χ1v) is 16.5. The molecule has 1 N–H and O–H groups in total. The highest BCUT2D eigenvalue weighted by molar-refractivity contribution is 6.01. The minimum absolute atomic E-state index is 0.0478. The Morgan fingerprint density at radius 3 is 2.29 bits per heavy atom. The summed E-state index contributed by atoms with van der Waals surface area (Å²) in [7, 11) is 0. The number of hydrogen-bond donors (Lipinski definition) is 1. The molecule has 1 amide bonds. The summed E-state index contributed by atoms with van der Waals surface area (Å²) in [4.78, 5) is 32.1. The molecule has 1 aromatic heterocycles. The third kappa shape index (κ3) is 6.08. The van der Waals surface area contributed by atoms with E-state index in [1.807, 2.05) is 37.3 Å². The number of aryl methyl sites for hydroxylation is 1. The first-order chi connectivity index (χ1) is 21.7. The summed E-state index contributed by atoms with van der Waals surface area (Å²) in [6, 6.07) is 15.9. The van der Waals surface area contributed by atoms with Crippen LogP contribution in [-0.4, -0.2) is 23.0 Å². The highest BCUT2D eigenvalue weighted by Crippen LogP contribution is 2.52. The van der Waals surface area contributed by atoms with Crippen molar-refractivity contribution in [3.05, 3.63) is 71.3 Å². The largest absolute Gasteiger partial charge is 0.586 e. The third-order valence-electron chi connectivity index (χ3n) is 10.6. The summed E-state index contributed by atoms with van der Waals surface area (Å²) in [6.07, 6.45) is 9.62. The van der Waals surface area contributed by atoms with E-state index in [-0.39, 0.29) is 29.1 Å². The SMILES string of the molecule is Cc1ccc(NC(=O)C2(c3ccc4c(c3)OC(F)(F)O4)CC2)nc1-c1cccc(C(=O)C2CCCCC(C3CCCC3)CC2)c1. The van der Waals surface area contributed by atoms with Crippen molar-refractivity contribution >= 4 is 17.5 Å². The molecular weight excluding hydrogens is 574 g/mol. The Balaban J connectivity index is 1.06. The number of fused-ring (bicyclic) bond motifs is 1. The van der Waals surface area contributed by atoms with Gasteiger partial charge in [0.25, 0.3) is 0 Å². The van der Waals surface area contributed by atoms with Gasteiger partial charge in [-0.15, -0.1) is 8.78 Å². The molecule has 45 heavy (non-hydrogen) atoms.